The zero-order valence-corrected chi connectivity index (χ0v) is 10.7. The van der Waals surface area contributed by atoms with E-state index in [0.29, 0.717) is 12.1 Å². The van der Waals surface area contributed by atoms with E-state index in [0.717, 1.165) is 17.1 Å². The van der Waals surface area contributed by atoms with Crippen LogP contribution in [0.1, 0.15) is 27.4 Å². The van der Waals surface area contributed by atoms with E-state index in [1.807, 2.05) is 24.5 Å². The van der Waals surface area contributed by atoms with Crippen molar-refractivity contribution in [3.63, 3.8) is 0 Å². The Morgan fingerprint density at radius 1 is 1.33 bits per heavy atom. The molecule has 94 valence electrons. The van der Waals surface area contributed by atoms with Crippen LogP contribution in [0.3, 0.4) is 0 Å². The summed E-state index contributed by atoms with van der Waals surface area (Å²) in [6.45, 7) is 4.64. The number of carbonyl (C=O) groups excluding carboxylic acids is 1. The Hall–Kier alpha value is -2.17. The van der Waals surface area contributed by atoms with Crippen LogP contribution in [-0.2, 0) is 11.3 Å². The number of pyridine rings is 1. The molecular formula is C13H15N3O2. The summed E-state index contributed by atoms with van der Waals surface area (Å²) < 4.78 is 6.65. The number of ether oxygens (including phenoxy) is 1. The van der Waals surface area contributed by atoms with Gasteiger partial charge in [-0.2, -0.15) is 0 Å². The molecule has 0 saturated carbocycles. The highest BCUT2D eigenvalue weighted by Gasteiger charge is 2.07. The first-order valence-electron chi connectivity index (χ1n) is 5.63. The van der Waals surface area contributed by atoms with Gasteiger partial charge in [-0.15, -0.1) is 0 Å². The molecule has 5 heteroatoms. The van der Waals surface area contributed by atoms with Gasteiger partial charge in [0.25, 0.3) is 0 Å². The zero-order chi connectivity index (χ0) is 13.1. The molecule has 0 aromatic carbocycles. The SMILES string of the molecule is COC(=O)c1ccc(Cn2cnc(C)c2C)nc1. The van der Waals surface area contributed by atoms with Crippen LogP contribution < -0.4 is 0 Å². The molecular weight excluding hydrogens is 230 g/mol. The van der Waals surface area contributed by atoms with Gasteiger partial charge in [-0.25, -0.2) is 9.78 Å². The second-order valence-corrected chi connectivity index (χ2v) is 4.07. The van der Waals surface area contributed by atoms with Gasteiger partial charge in [0.2, 0.25) is 0 Å². The van der Waals surface area contributed by atoms with Crippen molar-refractivity contribution in [1.82, 2.24) is 14.5 Å². The predicted octanol–water partition coefficient (Wildman–Crippen LogP) is 1.73. The number of rotatable bonds is 3. The number of esters is 1. The molecule has 0 saturated heterocycles. The van der Waals surface area contributed by atoms with Crippen molar-refractivity contribution in [2.24, 2.45) is 0 Å². The van der Waals surface area contributed by atoms with Gasteiger partial charge in [0.15, 0.2) is 0 Å². The van der Waals surface area contributed by atoms with Crippen LogP contribution in [0.15, 0.2) is 24.7 Å². The quantitative estimate of drug-likeness (QED) is 0.773. The van der Waals surface area contributed by atoms with E-state index in [1.54, 1.807) is 12.4 Å². The average molecular weight is 245 g/mol. The number of nitrogens with zero attached hydrogens (tertiary/aromatic N) is 3. The number of hydrogen-bond acceptors (Lipinski definition) is 4. The van der Waals surface area contributed by atoms with Crippen molar-refractivity contribution < 1.29 is 9.53 Å². The largest absolute Gasteiger partial charge is 0.465 e. The molecule has 0 radical (unpaired) electrons. The first-order chi connectivity index (χ1) is 8.61. The van der Waals surface area contributed by atoms with Crippen LogP contribution in [0.25, 0.3) is 0 Å². The molecule has 0 aliphatic carbocycles. The lowest BCUT2D eigenvalue weighted by Gasteiger charge is -2.05. The molecule has 0 aliphatic rings. The summed E-state index contributed by atoms with van der Waals surface area (Å²) in [5, 5.41) is 0. The Labute approximate surface area is 105 Å². The van der Waals surface area contributed by atoms with Gasteiger partial charge in [0.05, 0.1) is 36.9 Å². The lowest BCUT2D eigenvalue weighted by molar-refractivity contribution is 0.0600. The molecule has 0 amide bonds. The van der Waals surface area contributed by atoms with Gasteiger partial charge in [0.1, 0.15) is 0 Å². The van der Waals surface area contributed by atoms with Gasteiger partial charge in [-0.3, -0.25) is 4.98 Å². The number of carbonyl (C=O) groups is 1. The number of hydrogen-bond donors (Lipinski definition) is 0. The van der Waals surface area contributed by atoms with Crippen LogP contribution in [0, 0.1) is 13.8 Å². The summed E-state index contributed by atoms with van der Waals surface area (Å²) in [7, 11) is 1.36. The van der Waals surface area contributed by atoms with Crippen LogP contribution in [0.5, 0.6) is 0 Å². The molecule has 0 atom stereocenters. The minimum atomic E-state index is -0.372. The van der Waals surface area contributed by atoms with Gasteiger partial charge in [-0.05, 0) is 26.0 Å². The number of aromatic nitrogens is 3. The van der Waals surface area contributed by atoms with E-state index in [-0.39, 0.29) is 5.97 Å². The van der Waals surface area contributed by atoms with E-state index in [4.69, 9.17) is 0 Å². The summed E-state index contributed by atoms with van der Waals surface area (Å²) in [6, 6.07) is 3.54. The third-order valence-corrected chi connectivity index (χ3v) is 2.92. The third kappa shape index (κ3) is 2.40. The molecule has 18 heavy (non-hydrogen) atoms. The topological polar surface area (TPSA) is 57.0 Å². The van der Waals surface area contributed by atoms with Crippen molar-refractivity contribution in [2.75, 3.05) is 7.11 Å². The lowest BCUT2D eigenvalue weighted by atomic mass is 10.2. The third-order valence-electron chi connectivity index (χ3n) is 2.92. The molecule has 0 spiro atoms. The van der Waals surface area contributed by atoms with Gasteiger partial charge >= 0.3 is 5.97 Å². The zero-order valence-electron chi connectivity index (χ0n) is 10.7. The van der Waals surface area contributed by atoms with Crippen LogP contribution in [0.4, 0.5) is 0 Å². The fraction of sp³-hybridized carbons (Fsp3) is 0.308. The monoisotopic (exact) mass is 245 g/mol. The first kappa shape index (κ1) is 12.3. The fourth-order valence-electron chi connectivity index (χ4n) is 1.63. The Balaban J connectivity index is 2.16. The highest BCUT2D eigenvalue weighted by Crippen LogP contribution is 2.08. The van der Waals surface area contributed by atoms with Gasteiger partial charge < -0.3 is 9.30 Å². The summed E-state index contributed by atoms with van der Waals surface area (Å²) in [5.41, 5.74) is 3.47. The smallest absolute Gasteiger partial charge is 0.339 e. The number of aryl methyl sites for hydroxylation is 1. The maximum atomic E-state index is 11.3. The van der Waals surface area contributed by atoms with Crippen molar-refractivity contribution in [2.45, 2.75) is 20.4 Å². The van der Waals surface area contributed by atoms with E-state index >= 15 is 0 Å². The molecule has 0 N–H and O–H groups in total. The average Bonchev–Trinajstić information content (AvgIpc) is 2.71. The summed E-state index contributed by atoms with van der Waals surface area (Å²) in [5.74, 6) is -0.372. The van der Waals surface area contributed by atoms with Crippen LogP contribution in [0.2, 0.25) is 0 Å². The van der Waals surface area contributed by atoms with E-state index < -0.39 is 0 Å². The molecule has 0 fully saturated rings. The van der Waals surface area contributed by atoms with Crippen molar-refractivity contribution in [1.29, 1.82) is 0 Å². The molecule has 5 nitrogen and oxygen atoms in total. The normalized spacial score (nSPS) is 10.4. The highest BCUT2D eigenvalue weighted by atomic mass is 16.5. The van der Waals surface area contributed by atoms with Crippen molar-refractivity contribution in [3.8, 4) is 0 Å². The Morgan fingerprint density at radius 3 is 2.61 bits per heavy atom. The number of imidazole rings is 1. The fourth-order valence-corrected chi connectivity index (χ4v) is 1.63. The first-order valence-corrected chi connectivity index (χ1v) is 5.63. The Morgan fingerprint density at radius 2 is 2.11 bits per heavy atom. The molecule has 2 rings (SSSR count). The highest BCUT2D eigenvalue weighted by molar-refractivity contribution is 5.88. The minimum Gasteiger partial charge on any atom is -0.465 e. The number of methoxy groups -OCH3 is 1. The molecule has 0 unspecified atom stereocenters. The van der Waals surface area contributed by atoms with Gasteiger partial charge in [0, 0.05) is 11.9 Å². The van der Waals surface area contributed by atoms with E-state index in [1.165, 1.54) is 13.3 Å². The molecule has 2 heterocycles. The molecule has 0 aliphatic heterocycles. The predicted molar refractivity (Wildman–Crippen MR) is 66.4 cm³/mol. The Bertz CT molecular complexity index is 558. The molecule has 2 aromatic heterocycles. The van der Waals surface area contributed by atoms with Gasteiger partial charge in [-0.1, -0.05) is 0 Å². The molecule has 0 bridgehead atoms. The second kappa shape index (κ2) is 5.00. The van der Waals surface area contributed by atoms with Crippen LogP contribution in [-0.4, -0.2) is 27.6 Å². The summed E-state index contributed by atoms with van der Waals surface area (Å²) >= 11 is 0. The van der Waals surface area contributed by atoms with E-state index in [9.17, 15) is 4.79 Å². The lowest BCUT2D eigenvalue weighted by Crippen LogP contribution is -2.05. The maximum Gasteiger partial charge on any atom is 0.339 e. The minimum absolute atomic E-state index is 0.372. The summed E-state index contributed by atoms with van der Waals surface area (Å²) in [4.78, 5) is 19.7. The maximum absolute atomic E-state index is 11.3. The molecule has 2 aromatic rings. The standard InChI is InChI=1S/C13H15N3O2/c1-9-10(2)16(8-15-9)7-12-5-4-11(6-14-12)13(17)18-3/h4-6,8H,7H2,1-3H3. The van der Waals surface area contributed by atoms with E-state index in [2.05, 4.69) is 14.7 Å². The van der Waals surface area contributed by atoms with Crippen molar-refractivity contribution >= 4 is 5.97 Å². The summed E-state index contributed by atoms with van der Waals surface area (Å²) in [6.07, 6.45) is 3.32. The Kier molecular flexibility index (Phi) is 3.41. The van der Waals surface area contributed by atoms with Crippen molar-refractivity contribution in [3.05, 3.63) is 47.3 Å². The van der Waals surface area contributed by atoms with Crippen LogP contribution >= 0.6 is 0 Å². The second-order valence-electron chi connectivity index (χ2n) is 4.07.